The van der Waals surface area contributed by atoms with Crippen molar-refractivity contribution >= 4 is 17.8 Å². The number of carbonyl (C=O) groups is 3. The molecule has 8 nitrogen and oxygen atoms in total. The first-order valence-electron chi connectivity index (χ1n) is 23.6. The number of quaternary nitrogens is 1. The van der Waals surface area contributed by atoms with E-state index in [2.05, 4.69) is 38.2 Å². The van der Waals surface area contributed by atoms with Gasteiger partial charge in [-0.15, -0.1) is 0 Å². The van der Waals surface area contributed by atoms with Crippen LogP contribution in [-0.2, 0) is 23.9 Å². The molecule has 0 unspecified atom stereocenters. The Morgan fingerprint density at radius 1 is 0.491 bits per heavy atom. The van der Waals surface area contributed by atoms with Crippen LogP contribution in [0.3, 0.4) is 0 Å². The molecule has 0 radical (unpaired) electrons. The summed E-state index contributed by atoms with van der Waals surface area (Å²) in [6.45, 7) is 6.90. The van der Waals surface area contributed by atoms with E-state index in [-0.39, 0.29) is 67.7 Å². The number of halogens is 1. The van der Waals surface area contributed by atoms with Crippen LogP contribution in [0.5, 0.6) is 0 Å². The summed E-state index contributed by atoms with van der Waals surface area (Å²) in [5.41, 5.74) is 0. The van der Waals surface area contributed by atoms with Crippen LogP contribution in [-0.4, -0.2) is 92.4 Å². The molecule has 57 heavy (non-hydrogen) atoms. The highest BCUT2D eigenvalue weighted by molar-refractivity contribution is 5.76. The van der Waals surface area contributed by atoms with Gasteiger partial charge in [-0.05, 0) is 64.2 Å². The third-order valence-electron chi connectivity index (χ3n) is 10.7. The number of likely N-dealkylation sites (N-methyl/N-ethyl adjacent to an activating group) is 1. The fourth-order valence-electron chi connectivity index (χ4n) is 6.92. The average Bonchev–Trinajstić information content (AvgIpc) is 3.17. The largest absolute Gasteiger partial charge is 1.00 e. The Balaban J connectivity index is 0. The smallest absolute Gasteiger partial charge is 0.305 e. The third kappa shape index (κ3) is 42.2. The number of ether oxygens (including phenoxy) is 2. The molecule has 0 aromatic rings. The minimum absolute atomic E-state index is 0. The highest BCUT2D eigenvalue weighted by Gasteiger charge is 2.19. The number of unbranched alkanes of at least 4 members (excludes halogenated alkanes) is 22. The van der Waals surface area contributed by atoms with E-state index >= 15 is 0 Å². The summed E-state index contributed by atoms with van der Waals surface area (Å²) in [5.74, 6) is -0.468. The maximum atomic E-state index is 13.2. The Bertz CT molecular complexity index is 915. The second-order valence-corrected chi connectivity index (χ2v) is 16.7. The van der Waals surface area contributed by atoms with Crippen molar-refractivity contribution in [2.45, 2.75) is 206 Å². The summed E-state index contributed by atoms with van der Waals surface area (Å²) < 4.78 is 11.7. The standard InChI is InChI=1S/C48H91N2O6.BrH/c1-5-7-9-11-13-15-17-19-21-23-25-27-29-31-33-37-47(53)55-44-39-49(46(52)36-35-41-50(3,4)42-43-51)40-45-56-48(54)38-34-32-30-28-26-24-22-20-18-16-14-12-10-8-6-2;/h19-22,51H,5-18,23-45H2,1-4H3;1H/q+1;/p-1/b21-19+,22-20+;. The lowest BCUT2D eigenvalue weighted by Crippen LogP contribution is -3.00. The normalized spacial score (nSPS) is 11.7. The number of rotatable bonds is 42. The lowest BCUT2D eigenvalue weighted by Gasteiger charge is -2.29. The van der Waals surface area contributed by atoms with Crippen molar-refractivity contribution in [1.82, 2.24) is 4.90 Å². The zero-order chi connectivity index (χ0) is 41.2. The molecular formula is C48H91BrN2O6. The molecule has 1 amide bonds. The van der Waals surface area contributed by atoms with Crippen LogP contribution in [0.2, 0.25) is 0 Å². The molecule has 9 heteroatoms. The first kappa shape index (κ1) is 57.4. The van der Waals surface area contributed by atoms with Gasteiger partial charge >= 0.3 is 11.9 Å². The fourth-order valence-corrected chi connectivity index (χ4v) is 6.92. The minimum Gasteiger partial charge on any atom is -1.00 e. The second kappa shape index (κ2) is 43.9. The molecule has 0 aromatic heterocycles. The van der Waals surface area contributed by atoms with Crippen LogP contribution < -0.4 is 17.0 Å². The average molecular weight is 872 g/mol. The number of aliphatic hydroxyl groups excluding tert-OH is 1. The maximum Gasteiger partial charge on any atom is 0.305 e. The minimum atomic E-state index is -0.218. The summed E-state index contributed by atoms with van der Waals surface area (Å²) in [7, 11) is 4.09. The lowest BCUT2D eigenvalue weighted by atomic mass is 10.1. The van der Waals surface area contributed by atoms with Crippen molar-refractivity contribution in [3.05, 3.63) is 24.3 Å². The predicted octanol–water partition coefficient (Wildman–Crippen LogP) is 8.83. The number of esters is 2. The molecule has 336 valence electrons. The Morgan fingerprint density at radius 2 is 0.842 bits per heavy atom. The van der Waals surface area contributed by atoms with Gasteiger partial charge in [0.15, 0.2) is 0 Å². The third-order valence-corrected chi connectivity index (χ3v) is 10.7. The Kier molecular flexibility index (Phi) is 44.2. The van der Waals surface area contributed by atoms with Gasteiger partial charge in [0.05, 0.1) is 40.3 Å². The monoisotopic (exact) mass is 871 g/mol. The van der Waals surface area contributed by atoms with Crippen molar-refractivity contribution in [2.75, 3.05) is 60.1 Å². The van der Waals surface area contributed by atoms with E-state index in [0.717, 1.165) is 57.9 Å². The molecule has 0 atom stereocenters. The van der Waals surface area contributed by atoms with Gasteiger partial charge in [-0.1, -0.05) is 141 Å². The van der Waals surface area contributed by atoms with E-state index in [4.69, 9.17) is 9.47 Å². The summed E-state index contributed by atoms with van der Waals surface area (Å²) in [5, 5.41) is 9.33. The number of amides is 1. The van der Waals surface area contributed by atoms with Gasteiger partial charge in [-0.3, -0.25) is 14.4 Å². The molecule has 0 aromatic carbocycles. The number of hydrogen-bond acceptors (Lipinski definition) is 6. The predicted molar refractivity (Wildman–Crippen MR) is 236 cm³/mol. The molecule has 0 aliphatic rings. The SMILES string of the molecule is CCCCCCCC/C=C/CCCCCCCC(=O)OCCN(CCOC(=O)CCCCCCC/C=C/CCCCCCCC)C(=O)CCC[N+](C)(C)CCO.[Br-]. The summed E-state index contributed by atoms with van der Waals surface area (Å²) in [6.07, 6.45) is 42.8. The van der Waals surface area contributed by atoms with Gasteiger partial charge < -0.3 is 40.9 Å². The molecule has 0 heterocycles. The van der Waals surface area contributed by atoms with E-state index < -0.39 is 0 Å². The van der Waals surface area contributed by atoms with E-state index in [0.29, 0.717) is 36.7 Å². The topological polar surface area (TPSA) is 93.1 Å². The van der Waals surface area contributed by atoms with Crippen molar-refractivity contribution < 1.29 is 50.4 Å². The van der Waals surface area contributed by atoms with E-state index in [1.54, 1.807) is 4.90 Å². The molecule has 0 rings (SSSR count). The molecule has 1 N–H and O–H groups in total. The van der Waals surface area contributed by atoms with E-state index in [9.17, 15) is 19.5 Å². The summed E-state index contributed by atoms with van der Waals surface area (Å²) in [6, 6.07) is 0. The van der Waals surface area contributed by atoms with Gasteiger partial charge in [-0.25, -0.2) is 0 Å². The maximum absolute atomic E-state index is 13.2. The molecular weight excluding hydrogens is 780 g/mol. The Morgan fingerprint density at radius 3 is 1.21 bits per heavy atom. The Hall–Kier alpha value is -1.71. The molecule has 0 aliphatic heterocycles. The van der Waals surface area contributed by atoms with Gasteiger partial charge in [-0.2, -0.15) is 0 Å². The molecule has 0 saturated carbocycles. The van der Waals surface area contributed by atoms with Crippen LogP contribution in [0, 0.1) is 0 Å². The van der Waals surface area contributed by atoms with Crippen LogP contribution in [0.4, 0.5) is 0 Å². The molecule has 0 saturated heterocycles. The highest BCUT2D eigenvalue weighted by Crippen LogP contribution is 2.13. The summed E-state index contributed by atoms with van der Waals surface area (Å²) in [4.78, 5) is 39.7. The Labute approximate surface area is 362 Å². The zero-order valence-corrected chi connectivity index (χ0v) is 39.3. The zero-order valence-electron chi connectivity index (χ0n) is 37.7. The van der Waals surface area contributed by atoms with Gasteiger partial charge in [0.2, 0.25) is 5.91 Å². The van der Waals surface area contributed by atoms with Gasteiger partial charge in [0.25, 0.3) is 0 Å². The van der Waals surface area contributed by atoms with Crippen molar-refractivity contribution in [2.24, 2.45) is 0 Å². The first-order valence-corrected chi connectivity index (χ1v) is 23.6. The van der Waals surface area contributed by atoms with Crippen LogP contribution >= 0.6 is 0 Å². The van der Waals surface area contributed by atoms with Crippen LogP contribution in [0.25, 0.3) is 0 Å². The lowest BCUT2D eigenvalue weighted by molar-refractivity contribution is -0.890. The van der Waals surface area contributed by atoms with E-state index in [1.165, 1.54) is 116 Å². The summed E-state index contributed by atoms with van der Waals surface area (Å²) >= 11 is 0. The fraction of sp³-hybridized carbons (Fsp3) is 0.854. The number of aliphatic hydroxyl groups is 1. The van der Waals surface area contributed by atoms with Gasteiger partial charge in [0.1, 0.15) is 19.8 Å². The van der Waals surface area contributed by atoms with E-state index in [1.807, 2.05) is 14.1 Å². The van der Waals surface area contributed by atoms with Crippen LogP contribution in [0.15, 0.2) is 24.3 Å². The highest BCUT2D eigenvalue weighted by atomic mass is 79.9. The quantitative estimate of drug-likeness (QED) is 0.0286. The molecule has 0 fully saturated rings. The number of hydrogen-bond donors (Lipinski definition) is 1. The second-order valence-electron chi connectivity index (χ2n) is 16.7. The number of allylic oxidation sites excluding steroid dienone is 4. The van der Waals surface area contributed by atoms with Crippen molar-refractivity contribution in [3.8, 4) is 0 Å². The first-order chi connectivity index (χ1) is 27.3. The molecule has 0 spiro atoms. The van der Waals surface area contributed by atoms with Crippen molar-refractivity contribution in [3.63, 3.8) is 0 Å². The van der Waals surface area contributed by atoms with Gasteiger partial charge in [0, 0.05) is 25.7 Å². The van der Waals surface area contributed by atoms with Crippen molar-refractivity contribution in [1.29, 1.82) is 0 Å². The molecule has 0 bridgehead atoms. The number of carbonyl (C=O) groups excluding carboxylic acids is 3. The molecule has 0 aliphatic carbocycles. The number of nitrogens with zero attached hydrogens (tertiary/aromatic N) is 2. The van der Waals surface area contributed by atoms with Crippen LogP contribution in [0.1, 0.15) is 206 Å².